The van der Waals surface area contributed by atoms with Gasteiger partial charge in [0.2, 0.25) is 0 Å². The monoisotopic (exact) mass is 249 g/mol. The molecular formula is C15H23NS. The van der Waals surface area contributed by atoms with Gasteiger partial charge in [0.25, 0.3) is 0 Å². The van der Waals surface area contributed by atoms with E-state index < -0.39 is 0 Å². The van der Waals surface area contributed by atoms with Crippen LogP contribution in [0.25, 0.3) is 0 Å². The molecule has 1 nitrogen and oxygen atoms in total. The molecule has 1 aromatic rings. The van der Waals surface area contributed by atoms with Crippen LogP contribution >= 0.6 is 11.8 Å². The summed E-state index contributed by atoms with van der Waals surface area (Å²) < 4.78 is 0. The quantitative estimate of drug-likeness (QED) is 0.801. The molecule has 1 N–H and O–H groups in total. The summed E-state index contributed by atoms with van der Waals surface area (Å²) in [6.45, 7) is 0. The van der Waals surface area contributed by atoms with E-state index in [4.69, 9.17) is 0 Å². The third kappa shape index (κ3) is 3.26. The molecule has 1 aromatic carbocycles. The highest BCUT2D eigenvalue weighted by molar-refractivity contribution is 7.98. The number of nitrogens with one attached hydrogen (secondary N) is 1. The molecule has 0 aromatic heterocycles. The molecule has 0 radical (unpaired) electrons. The second-order valence-electron chi connectivity index (χ2n) is 4.94. The summed E-state index contributed by atoms with van der Waals surface area (Å²) in [7, 11) is 2.10. The van der Waals surface area contributed by atoms with Gasteiger partial charge in [-0.3, -0.25) is 0 Å². The van der Waals surface area contributed by atoms with Gasteiger partial charge in [0.1, 0.15) is 0 Å². The van der Waals surface area contributed by atoms with Crippen LogP contribution in [0.2, 0.25) is 0 Å². The van der Waals surface area contributed by atoms with E-state index in [1.165, 1.54) is 42.6 Å². The Kier molecular flexibility index (Phi) is 4.93. The molecule has 2 heteroatoms. The lowest BCUT2D eigenvalue weighted by molar-refractivity contribution is 0.281. The standard InChI is InChI=1S/C15H23NS/c1-16-15(12-6-4-3-5-7-12)13-8-10-14(17-2)11-9-13/h8-12,15-16H,3-7H2,1-2H3. The largest absolute Gasteiger partial charge is 0.313 e. The van der Waals surface area contributed by atoms with Crippen molar-refractivity contribution in [2.24, 2.45) is 5.92 Å². The third-order valence-corrected chi connectivity index (χ3v) is 4.65. The lowest BCUT2D eigenvalue weighted by Crippen LogP contribution is -2.26. The fourth-order valence-corrected chi connectivity index (χ4v) is 3.36. The fourth-order valence-electron chi connectivity index (χ4n) is 2.95. The first kappa shape index (κ1) is 13.0. The highest BCUT2D eigenvalue weighted by Gasteiger charge is 2.23. The molecule has 1 fully saturated rings. The van der Waals surface area contributed by atoms with Crippen molar-refractivity contribution in [3.63, 3.8) is 0 Å². The molecule has 2 rings (SSSR count). The zero-order valence-corrected chi connectivity index (χ0v) is 11.7. The first-order valence-corrected chi connectivity index (χ1v) is 7.89. The molecule has 1 aliphatic carbocycles. The maximum atomic E-state index is 3.52. The van der Waals surface area contributed by atoms with Crippen molar-refractivity contribution in [1.29, 1.82) is 0 Å². The average Bonchev–Trinajstić information content (AvgIpc) is 2.42. The van der Waals surface area contributed by atoms with E-state index in [1.54, 1.807) is 0 Å². The van der Waals surface area contributed by atoms with E-state index in [0.717, 1.165) is 5.92 Å². The van der Waals surface area contributed by atoms with Crippen LogP contribution in [0.1, 0.15) is 43.7 Å². The minimum atomic E-state index is 0.547. The van der Waals surface area contributed by atoms with E-state index in [1.807, 2.05) is 11.8 Å². The van der Waals surface area contributed by atoms with Crippen molar-refractivity contribution in [3.05, 3.63) is 29.8 Å². The minimum absolute atomic E-state index is 0.547. The van der Waals surface area contributed by atoms with Crippen LogP contribution in [0.4, 0.5) is 0 Å². The molecule has 1 aliphatic rings. The molecule has 17 heavy (non-hydrogen) atoms. The lowest BCUT2D eigenvalue weighted by atomic mass is 9.81. The SMILES string of the molecule is CNC(c1ccc(SC)cc1)C1CCCCC1. The predicted molar refractivity (Wildman–Crippen MR) is 76.6 cm³/mol. The van der Waals surface area contributed by atoms with E-state index >= 15 is 0 Å². The summed E-state index contributed by atoms with van der Waals surface area (Å²) in [4.78, 5) is 1.35. The highest BCUT2D eigenvalue weighted by atomic mass is 32.2. The molecule has 0 amide bonds. The van der Waals surface area contributed by atoms with Crippen LogP contribution in [-0.2, 0) is 0 Å². The van der Waals surface area contributed by atoms with Crippen LogP contribution < -0.4 is 5.32 Å². The first-order valence-electron chi connectivity index (χ1n) is 6.66. The Labute approximate surface area is 109 Å². The Balaban J connectivity index is 2.10. The van der Waals surface area contributed by atoms with Crippen molar-refractivity contribution in [2.45, 2.75) is 43.0 Å². The normalized spacial score (nSPS) is 19.2. The van der Waals surface area contributed by atoms with Crippen molar-refractivity contribution >= 4 is 11.8 Å². The van der Waals surface area contributed by atoms with Crippen LogP contribution in [0.15, 0.2) is 29.2 Å². The maximum Gasteiger partial charge on any atom is 0.0346 e. The van der Waals surface area contributed by atoms with Gasteiger partial charge in [0.15, 0.2) is 0 Å². The maximum absolute atomic E-state index is 3.52. The Morgan fingerprint density at radius 1 is 1.12 bits per heavy atom. The van der Waals surface area contributed by atoms with Gasteiger partial charge >= 0.3 is 0 Å². The topological polar surface area (TPSA) is 12.0 Å². The summed E-state index contributed by atoms with van der Waals surface area (Å²) in [5.74, 6) is 0.828. The second-order valence-corrected chi connectivity index (χ2v) is 5.82. The molecule has 94 valence electrons. The van der Waals surface area contributed by atoms with Gasteiger partial charge in [-0.25, -0.2) is 0 Å². The number of thioether (sulfide) groups is 1. The zero-order valence-electron chi connectivity index (χ0n) is 10.9. The van der Waals surface area contributed by atoms with E-state index in [0.29, 0.717) is 6.04 Å². The van der Waals surface area contributed by atoms with Crippen molar-refractivity contribution in [1.82, 2.24) is 5.32 Å². The van der Waals surface area contributed by atoms with Crippen molar-refractivity contribution in [2.75, 3.05) is 13.3 Å². The van der Waals surface area contributed by atoms with Crippen molar-refractivity contribution < 1.29 is 0 Å². The summed E-state index contributed by atoms with van der Waals surface area (Å²) >= 11 is 1.81. The van der Waals surface area contributed by atoms with E-state index in [2.05, 4.69) is 42.9 Å². The predicted octanol–water partition coefficient (Wildman–Crippen LogP) is 4.25. The average molecular weight is 249 g/mol. The number of hydrogen-bond donors (Lipinski definition) is 1. The molecule has 1 unspecified atom stereocenters. The Hall–Kier alpha value is -0.470. The Morgan fingerprint density at radius 3 is 2.29 bits per heavy atom. The lowest BCUT2D eigenvalue weighted by Gasteiger charge is -2.30. The van der Waals surface area contributed by atoms with Crippen LogP contribution in [0.3, 0.4) is 0 Å². The van der Waals surface area contributed by atoms with Gasteiger partial charge < -0.3 is 5.32 Å². The van der Waals surface area contributed by atoms with Crippen LogP contribution in [0, 0.1) is 5.92 Å². The summed E-state index contributed by atoms with van der Waals surface area (Å²) in [5.41, 5.74) is 1.46. The molecule has 0 heterocycles. The molecule has 1 saturated carbocycles. The number of hydrogen-bond acceptors (Lipinski definition) is 2. The smallest absolute Gasteiger partial charge is 0.0346 e. The first-order chi connectivity index (χ1) is 8.35. The van der Waals surface area contributed by atoms with Gasteiger partial charge in [0, 0.05) is 10.9 Å². The second kappa shape index (κ2) is 6.46. The Morgan fingerprint density at radius 2 is 1.76 bits per heavy atom. The van der Waals surface area contributed by atoms with Gasteiger partial charge in [-0.05, 0) is 49.8 Å². The van der Waals surface area contributed by atoms with Crippen molar-refractivity contribution in [3.8, 4) is 0 Å². The Bertz CT molecular complexity index is 327. The summed E-state index contributed by atoms with van der Waals surface area (Å²) in [5, 5.41) is 3.52. The zero-order chi connectivity index (χ0) is 12.1. The molecule has 0 saturated heterocycles. The van der Waals surface area contributed by atoms with Gasteiger partial charge in [0.05, 0.1) is 0 Å². The third-order valence-electron chi connectivity index (χ3n) is 3.91. The van der Waals surface area contributed by atoms with E-state index in [-0.39, 0.29) is 0 Å². The molecule has 0 spiro atoms. The molecular weight excluding hydrogens is 226 g/mol. The number of benzene rings is 1. The minimum Gasteiger partial charge on any atom is -0.313 e. The highest BCUT2D eigenvalue weighted by Crippen LogP contribution is 2.34. The van der Waals surface area contributed by atoms with Gasteiger partial charge in [-0.2, -0.15) is 0 Å². The van der Waals surface area contributed by atoms with Gasteiger partial charge in [-0.15, -0.1) is 11.8 Å². The summed E-state index contributed by atoms with van der Waals surface area (Å²) in [6.07, 6.45) is 9.15. The van der Waals surface area contributed by atoms with Crippen LogP contribution in [0.5, 0.6) is 0 Å². The molecule has 0 aliphatic heterocycles. The molecule has 1 atom stereocenters. The summed E-state index contributed by atoms with van der Waals surface area (Å²) in [6, 6.07) is 9.62. The van der Waals surface area contributed by atoms with Crippen LogP contribution in [-0.4, -0.2) is 13.3 Å². The number of rotatable bonds is 4. The fraction of sp³-hybridized carbons (Fsp3) is 0.600. The van der Waals surface area contributed by atoms with Gasteiger partial charge in [-0.1, -0.05) is 31.4 Å². The molecule has 0 bridgehead atoms. The van der Waals surface area contributed by atoms with E-state index in [9.17, 15) is 0 Å².